The second-order valence-electron chi connectivity index (χ2n) is 5.36. The van der Waals surface area contributed by atoms with Crippen molar-refractivity contribution in [2.45, 2.75) is 6.82 Å². The minimum absolute atomic E-state index is 1.17. The van der Waals surface area contributed by atoms with Crippen molar-refractivity contribution >= 4 is 30.1 Å². The third kappa shape index (κ3) is 2.54. The molecule has 0 radical (unpaired) electrons. The molecular weight excluding hydrogens is 270 g/mol. The number of hydrogen-bond donors (Lipinski definition) is 0. The fourth-order valence-corrected chi connectivity index (χ4v) is 7.79. The topological polar surface area (TPSA) is 0 Å². The van der Waals surface area contributed by atoms with Gasteiger partial charge < -0.3 is 0 Å². The van der Waals surface area contributed by atoms with E-state index in [2.05, 4.69) is 97.8 Å². The Labute approximate surface area is 128 Å². The Hall–Kier alpha value is -1.85. The zero-order valence-corrected chi connectivity index (χ0v) is 13.4. The van der Waals surface area contributed by atoms with Crippen LogP contribution in [0.1, 0.15) is 0 Å². The molecule has 0 aromatic heterocycles. The fraction of sp³-hybridized carbons (Fsp3) is 0.0526. The van der Waals surface area contributed by atoms with E-state index >= 15 is 0 Å². The number of rotatable bonds is 4. The van der Waals surface area contributed by atoms with E-state index in [1.165, 1.54) is 22.9 Å². The fourth-order valence-electron chi connectivity index (χ4n) is 3.28. The third-order valence-electron chi connectivity index (χ3n) is 4.33. The Balaban J connectivity index is 2.29. The van der Waals surface area contributed by atoms with Gasteiger partial charge in [0.15, 0.2) is 0 Å². The minimum atomic E-state index is -1.90. The van der Waals surface area contributed by atoms with Gasteiger partial charge in [-0.15, -0.1) is 0 Å². The summed E-state index contributed by atoms with van der Waals surface area (Å²) in [5.41, 5.74) is 0. The zero-order valence-electron chi connectivity index (χ0n) is 12.4. The van der Waals surface area contributed by atoms with Gasteiger partial charge in [0, 0.05) is 0 Å². The summed E-state index contributed by atoms with van der Waals surface area (Å²) in [5, 5.41) is 4.47. The maximum atomic E-state index is 2.33. The molecule has 3 aromatic carbocycles. The predicted octanol–water partition coefficient (Wildman–Crippen LogP) is 3.11. The second kappa shape index (κ2) is 6.29. The van der Waals surface area contributed by atoms with E-state index in [-0.39, 0.29) is 0 Å². The normalized spacial score (nSPS) is 11.9. The quantitative estimate of drug-likeness (QED) is 0.511. The van der Waals surface area contributed by atoms with E-state index in [0.29, 0.717) is 0 Å². The van der Waals surface area contributed by atoms with Crippen LogP contribution in [0.3, 0.4) is 0 Å². The Morgan fingerprint density at radius 2 is 0.810 bits per heavy atom. The average Bonchev–Trinajstić information content (AvgIpc) is 2.59. The standard InChI is InChI=1S/C19H20BP/c1-20-21(17-11-5-2-6-12-17,18-13-7-3-8-14-18)19-15-9-4-10-16-19/h2-16,20-21H,1H3. The molecule has 0 heterocycles. The molecule has 3 rings (SSSR count). The van der Waals surface area contributed by atoms with Crippen LogP contribution in [0.4, 0.5) is 0 Å². The molecule has 0 saturated carbocycles. The molecule has 21 heavy (non-hydrogen) atoms. The summed E-state index contributed by atoms with van der Waals surface area (Å²) in [7, 11) is -1.90. The number of benzene rings is 3. The van der Waals surface area contributed by atoms with Crippen LogP contribution >= 0.6 is 7.14 Å². The van der Waals surface area contributed by atoms with Crippen molar-refractivity contribution in [3.05, 3.63) is 91.0 Å². The van der Waals surface area contributed by atoms with Gasteiger partial charge in [-0.25, -0.2) is 0 Å². The Bertz CT molecular complexity index is 584. The number of hydrogen-bond acceptors (Lipinski definition) is 0. The van der Waals surface area contributed by atoms with Crippen molar-refractivity contribution in [2.24, 2.45) is 0 Å². The van der Waals surface area contributed by atoms with E-state index in [1.54, 1.807) is 0 Å². The molecule has 0 bridgehead atoms. The van der Waals surface area contributed by atoms with E-state index in [9.17, 15) is 0 Å². The van der Waals surface area contributed by atoms with Crippen LogP contribution in [-0.4, -0.2) is 7.00 Å². The van der Waals surface area contributed by atoms with Gasteiger partial charge >= 0.3 is 128 Å². The molecule has 0 N–H and O–H groups in total. The van der Waals surface area contributed by atoms with E-state index in [0.717, 1.165) is 0 Å². The van der Waals surface area contributed by atoms with Gasteiger partial charge in [-0.2, -0.15) is 0 Å². The molecule has 0 amide bonds. The summed E-state index contributed by atoms with van der Waals surface area (Å²) in [6.45, 7) is 3.50. The summed E-state index contributed by atoms with van der Waals surface area (Å²) in [4.78, 5) is 0. The Morgan fingerprint density at radius 1 is 0.524 bits per heavy atom. The average molecular weight is 290 g/mol. The molecule has 104 valence electrons. The first kappa shape index (κ1) is 14.1. The predicted molar refractivity (Wildman–Crippen MR) is 99.6 cm³/mol. The van der Waals surface area contributed by atoms with Crippen LogP contribution in [-0.2, 0) is 0 Å². The first-order valence-electron chi connectivity index (χ1n) is 7.54. The summed E-state index contributed by atoms with van der Waals surface area (Å²) < 4.78 is 0. The SMILES string of the molecule is CB[PH](c1ccccc1)(c1ccccc1)c1ccccc1. The zero-order chi connectivity index (χ0) is 14.5. The molecule has 0 unspecified atom stereocenters. The van der Waals surface area contributed by atoms with Gasteiger partial charge in [0.1, 0.15) is 0 Å². The Kier molecular flexibility index (Phi) is 4.22. The maximum absolute atomic E-state index is 2.33. The molecule has 0 nitrogen and oxygen atoms in total. The molecule has 3 aromatic rings. The van der Waals surface area contributed by atoms with E-state index in [1.807, 2.05) is 0 Å². The molecule has 0 spiro atoms. The van der Waals surface area contributed by atoms with Crippen molar-refractivity contribution < 1.29 is 0 Å². The van der Waals surface area contributed by atoms with Crippen molar-refractivity contribution in [1.82, 2.24) is 0 Å². The molecule has 0 aliphatic heterocycles. The molecule has 0 fully saturated rings. The van der Waals surface area contributed by atoms with Crippen LogP contribution in [0.5, 0.6) is 0 Å². The van der Waals surface area contributed by atoms with Crippen LogP contribution in [0.15, 0.2) is 91.0 Å². The third-order valence-corrected chi connectivity index (χ3v) is 9.35. The molecular formula is C19H20BP. The van der Waals surface area contributed by atoms with Crippen molar-refractivity contribution in [1.29, 1.82) is 0 Å². The molecule has 2 heteroatoms. The second-order valence-corrected chi connectivity index (χ2v) is 9.61. The van der Waals surface area contributed by atoms with Crippen LogP contribution < -0.4 is 15.9 Å². The summed E-state index contributed by atoms with van der Waals surface area (Å²) in [6, 6.07) is 33.1. The van der Waals surface area contributed by atoms with Gasteiger partial charge in [-0.3, -0.25) is 0 Å². The van der Waals surface area contributed by atoms with Gasteiger partial charge in [-0.1, -0.05) is 0 Å². The van der Waals surface area contributed by atoms with E-state index < -0.39 is 7.14 Å². The molecule has 0 aliphatic rings. The summed E-state index contributed by atoms with van der Waals surface area (Å²) in [6.07, 6.45) is 0. The monoisotopic (exact) mass is 290 g/mol. The molecule has 0 saturated heterocycles. The van der Waals surface area contributed by atoms with Crippen LogP contribution in [0, 0.1) is 0 Å². The van der Waals surface area contributed by atoms with Crippen LogP contribution in [0.25, 0.3) is 0 Å². The van der Waals surface area contributed by atoms with E-state index in [4.69, 9.17) is 0 Å². The molecule has 0 atom stereocenters. The van der Waals surface area contributed by atoms with Crippen molar-refractivity contribution in [3.8, 4) is 0 Å². The van der Waals surface area contributed by atoms with Crippen molar-refractivity contribution in [2.75, 3.05) is 0 Å². The van der Waals surface area contributed by atoms with Gasteiger partial charge in [0.05, 0.1) is 0 Å². The first-order valence-corrected chi connectivity index (χ1v) is 9.75. The molecule has 0 aliphatic carbocycles. The first-order chi connectivity index (χ1) is 10.4. The van der Waals surface area contributed by atoms with Crippen LogP contribution in [0.2, 0.25) is 6.82 Å². The Morgan fingerprint density at radius 3 is 1.05 bits per heavy atom. The van der Waals surface area contributed by atoms with Gasteiger partial charge in [0.2, 0.25) is 0 Å². The van der Waals surface area contributed by atoms with Gasteiger partial charge in [-0.05, 0) is 0 Å². The van der Waals surface area contributed by atoms with Crippen molar-refractivity contribution in [3.63, 3.8) is 0 Å². The summed E-state index contributed by atoms with van der Waals surface area (Å²) in [5.74, 6) is 0. The van der Waals surface area contributed by atoms with Gasteiger partial charge in [0.25, 0.3) is 0 Å². The summed E-state index contributed by atoms with van der Waals surface area (Å²) >= 11 is 0.